The quantitative estimate of drug-likeness (QED) is 0.454. The van der Waals surface area contributed by atoms with Gasteiger partial charge in [-0.3, -0.25) is 0 Å². The summed E-state index contributed by atoms with van der Waals surface area (Å²) in [5, 5.41) is 0. The lowest BCUT2D eigenvalue weighted by molar-refractivity contribution is 0.432. The lowest BCUT2D eigenvalue weighted by Crippen LogP contribution is -2.38. The van der Waals surface area contributed by atoms with Crippen LogP contribution in [0, 0.1) is 5.92 Å². The number of allylic oxidation sites excluding steroid dienone is 12. The van der Waals surface area contributed by atoms with Crippen LogP contribution in [0.25, 0.3) is 0 Å². The first-order valence-corrected chi connectivity index (χ1v) is 12.4. The molecule has 0 aromatic heterocycles. The smallest absolute Gasteiger partial charge is 0.0173 e. The van der Waals surface area contributed by atoms with Gasteiger partial charge in [-0.1, -0.05) is 119 Å². The number of aryl methyl sites for hydroxylation is 1. The van der Waals surface area contributed by atoms with Crippen LogP contribution >= 0.6 is 0 Å². The molecule has 0 bridgehead atoms. The predicted molar refractivity (Wildman–Crippen MR) is 140 cm³/mol. The Morgan fingerprint density at radius 1 is 0.906 bits per heavy atom. The molecular formula is C32H40. The summed E-state index contributed by atoms with van der Waals surface area (Å²) in [4.78, 5) is 0. The first-order chi connectivity index (χ1) is 15.1. The fraction of sp³-hybridized carbons (Fsp3) is 0.438. The van der Waals surface area contributed by atoms with Gasteiger partial charge >= 0.3 is 0 Å². The maximum absolute atomic E-state index is 2.47. The van der Waals surface area contributed by atoms with Gasteiger partial charge in [-0.2, -0.15) is 0 Å². The van der Waals surface area contributed by atoms with Crippen molar-refractivity contribution < 1.29 is 0 Å². The third-order valence-corrected chi connectivity index (χ3v) is 8.35. The van der Waals surface area contributed by atoms with Crippen LogP contribution in [-0.2, 0) is 22.7 Å². The molecule has 3 aliphatic rings. The van der Waals surface area contributed by atoms with Crippen LogP contribution in [-0.4, -0.2) is 0 Å². The van der Waals surface area contributed by atoms with Gasteiger partial charge in [-0.05, 0) is 61.3 Å². The van der Waals surface area contributed by atoms with E-state index in [9.17, 15) is 0 Å². The van der Waals surface area contributed by atoms with Crippen molar-refractivity contribution in [2.75, 3.05) is 0 Å². The molecule has 4 unspecified atom stereocenters. The van der Waals surface area contributed by atoms with Gasteiger partial charge in [-0.25, -0.2) is 0 Å². The Bertz CT molecular complexity index is 1090. The first kappa shape index (κ1) is 22.8. The third kappa shape index (κ3) is 3.72. The van der Waals surface area contributed by atoms with Crippen LogP contribution in [0.3, 0.4) is 0 Å². The number of benzene rings is 1. The minimum Gasteiger partial charge on any atom is -0.0805 e. The maximum Gasteiger partial charge on any atom is 0.0173 e. The minimum absolute atomic E-state index is 0.00952. The van der Waals surface area contributed by atoms with E-state index < -0.39 is 0 Å². The number of rotatable bonds is 4. The molecule has 0 aliphatic heterocycles. The highest BCUT2D eigenvalue weighted by Gasteiger charge is 2.43. The van der Waals surface area contributed by atoms with Gasteiger partial charge in [0.2, 0.25) is 0 Å². The van der Waals surface area contributed by atoms with Crippen molar-refractivity contribution in [2.45, 2.75) is 84.0 Å². The lowest BCUT2D eigenvalue weighted by Gasteiger charge is -2.45. The van der Waals surface area contributed by atoms with E-state index in [-0.39, 0.29) is 16.2 Å². The molecular weight excluding hydrogens is 384 g/mol. The van der Waals surface area contributed by atoms with Crippen molar-refractivity contribution in [1.29, 1.82) is 0 Å². The Morgan fingerprint density at radius 2 is 1.69 bits per heavy atom. The molecule has 168 valence electrons. The zero-order valence-corrected chi connectivity index (χ0v) is 21.1. The van der Waals surface area contributed by atoms with Gasteiger partial charge in [0.25, 0.3) is 0 Å². The SMILES string of the molecule is CCc1ccc(C2(C)C=CC(C)=CC2)c(C2(C)C=CC=C(C)C2)c1C1(C)C=CC=CC1C. The Labute approximate surface area is 196 Å². The summed E-state index contributed by atoms with van der Waals surface area (Å²) >= 11 is 0. The topological polar surface area (TPSA) is 0 Å². The molecule has 0 saturated heterocycles. The molecule has 32 heavy (non-hydrogen) atoms. The Kier molecular flexibility index (Phi) is 5.86. The molecule has 0 heteroatoms. The summed E-state index contributed by atoms with van der Waals surface area (Å²) < 4.78 is 0. The van der Waals surface area contributed by atoms with Crippen LogP contribution in [0.5, 0.6) is 0 Å². The molecule has 1 aromatic carbocycles. The zero-order chi connectivity index (χ0) is 23.1. The summed E-state index contributed by atoms with van der Waals surface area (Å²) in [6.45, 7) is 16.6. The van der Waals surface area contributed by atoms with Gasteiger partial charge in [0, 0.05) is 16.2 Å². The van der Waals surface area contributed by atoms with Crippen LogP contribution in [0.1, 0.15) is 83.6 Å². The molecule has 0 heterocycles. The first-order valence-electron chi connectivity index (χ1n) is 12.4. The molecule has 0 amide bonds. The van der Waals surface area contributed by atoms with Gasteiger partial charge < -0.3 is 0 Å². The van der Waals surface area contributed by atoms with Crippen molar-refractivity contribution in [3.05, 3.63) is 106 Å². The van der Waals surface area contributed by atoms with Gasteiger partial charge in [0.15, 0.2) is 0 Å². The molecule has 0 saturated carbocycles. The summed E-state index contributed by atoms with van der Waals surface area (Å²) in [6, 6.07) is 4.89. The van der Waals surface area contributed by atoms with Crippen LogP contribution in [0.2, 0.25) is 0 Å². The minimum atomic E-state index is -0.0160. The van der Waals surface area contributed by atoms with Crippen molar-refractivity contribution in [3.63, 3.8) is 0 Å². The molecule has 0 N–H and O–H groups in total. The van der Waals surface area contributed by atoms with Crippen molar-refractivity contribution >= 4 is 0 Å². The summed E-state index contributed by atoms with van der Waals surface area (Å²) in [7, 11) is 0. The monoisotopic (exact) mass is 424 g/mol. The van der Waals surface area contributed by atoms with Crippen molar-refractivity contribution in [1.82, 2.24) is 0 Å². The second-order valence-electron chi connectivity index (χ2n) is 11.1. The van der Waals surface area contributed by atoms with E-state index in [0.29, 0.717) is 5.92 Å². The normalized spacial score (nSPS) is 33.9. The molecule has 4 atom stereocenters. The summed E-state index contributed by atoms with van der Waals surface area (Å²) in [5.41, 5.74) is 8.94. The van der Waals surface area contributed by atoms with E-state index in [4.69, 9.17) is 0 Å². The van der Waals surface area contributed by atoms with Crippen molar-refractivity contribution in [2.24, 2.45) is 5.92 Å². The Morgan fingerprint density at radius 3 is 2.31 bits per heavy atom. The maximum atomic E-state index is 2.47. The molecule has 4 rings (SSSR count). The van der Waals surface area contributed by atoms with Gasteiger partial charge in [0.05, 0.1) is 0 Å². The Balaban J connectivity index is 2.06. The lowest BCUT2D eigenvalue weighted by atomic mass is 9.58. The summed E-state index contributed by atoms with van der Waals surface area (Å²) in [6.07, 6.45) is 26.7. The van der Waals surface area contributed by atoms with E-state index in [1.807, 2.05) is 0 Å². The molecule has 0 nitrogen and oxygen atoms in total. The van der Waals surface area contributed by atoms with E-state index in [1.54, 1.807) is 11.1 Å². The largest absolute Gasteiger partial charge is 0.0805 e. The van der Waals surface area contributed by atoms with E-state index in [2.05, 4.69) is 121 Å². The molecule has 3 aliphatic carbocycles. The number of hydrogen-bond donors (Lipinski definition) is 0. The van der Waals surface area contributed by atoms with Crippen LogP contribution in [0.15, 0.2) is 84.0 Å². The molecule has 0 fully saturated rings. The molecule has 1 aromatic rings. The highest BCUT2D eigenvalue weighted by atomic mass is 14.5. The highest BCUT2D eigenvalue weighted by Crippen LogP contribution is 2.51. The fourth-order valence-corrected chi connectivity index (χ4v) is 6.09. The standard InChI is InChI=1S/C32H40/c1-8-26-14-15-27(30(5)20-16-23(2)17-21-30)29(31(6)18-11-12-24(3)22-31)28(26)32(7)19-10-9-13-25(32)4/h9-20,25H,8,21-22H2,1-7H3. The van der Waals surface area contributed by atoms with Gasteiger partial charge in [-0.15, -0.1) is 0 Å². The molecule has 0 spiro atoms. The molecule has 0 radical (unpaired) electrons. The average molecular weight is 425 g/mol. The second kappa shape index (κ2) is 8.22. The van der Waals surface area contributed by atoms with Crippen LogP contribution in [0.4, 0.5) is 0 Å². The highest BCUT2D eigenvalue weighted by molar-refractivity contribution is 5.59. The second-order valence-corrected chi connectivity index (χ2v) is 11.1. The Hall–Kier alpha value is -2.34. The van der Waals surface area contributed by atoms with Crippen molar-refractivity contribution in [3.8, 4) is 0 Å². The third-order valence-electron chi connectivity index (χ3n) is 8.35. The van der Waals surface area contributed by atoms with E-state index >= 15 is 0 Å². The predicted octanol–water partition coefficient (Wildman–Crippen LogP) is 8.60. The average Bonchev–Trinajstić information content (AvgIpc) is 2.77. The van der Waals surface area contributed by atoms with Gasteiger partial charge in [0.1, 0.15) is 0 Å². The summed E-state index contributed by atoms with van der Waals surface area (Å²) in [5.74, 6) is 0.455. The van der Waals surface area contributed by atoms with Crippen LogP contribution < -0.4 is 0 Å². The van der Waals surface area contributed by atoms with E-state index in [0.717, 1.165) is 19.3 Å². The van der Waals surface area contributed by atoms with E-state index in [1.165, 1.54) is 22.3 Å². The number of hydrogen-bond acceptors (Lipinski definition) is 0. The fourth-order valence-electron chi connectivity index (χ4n) is 6.09. The zero-order valence-electron chi connectivity index (χ0n) is 21.1.